The molecule has 0 saturated carbocycles. The molecule has 0 spiro atoms. The summed E-state index contributed by atoms with van der Waals surface area (Å²) >= 11 is 0. The van der Waals surface area contributed by atoms with Crippen molar-refractivity contribution in [2.45, 2.75) is 19.9 Å². The van der Waals surface area contributed by atoms with Crippen molar-refractivity contribution in [3.05, 3.63) is 59.7 Å². The van der Waals surface area contributed by atoms with Crippen LogP contribution < -0.4 is 10.2 Å². The average molecular weight is 279 g/mol. The Morgan fingerprint density at radius 2 is 1.81 bits per heavy atom. The van der Waals surface area contributed by atoms with Gasteiger partial charge in [0.15, 0.2) is 0 Å². The maximum Gasteiger partial charge on any atom is 0.101 e. The largest absolute Gasteiger partial charge is 0.344 e. The highest BCUT2D eigenvalue weighted by Gasteiger charge is 2.09. The quantitative estimate of drug-likeness (QED) is 0.899. The molecule has 1 N–H and O–H groups in total. The van der Waals surface area contributed by atoms with E-state index in [4.69, 9.17) is 0 Å². The molecule has 0 heterocycles. The molecule has 2 aromatic rings. The minimum atomic E-state index is 0.348. The Bertz CT molecular complexity index is 626. The molecule has 0 aliphatic rings. The number of rotatable bonds is 5. The van der Waals surface area contributed by atoms with E-state index in [-0.39, 0.29) is 0 Å². The lowest BCUT2D eigenvalue weighted by Crippen LogP contribution is -2.17. The molecule has 0 amide bonds. The monoisotopic (exact) mass is 279 g/mol. The molecule has 0 bridgehead atoms. The second-order valence-electron chi connectivity index (χ2n) is 5.06. The summed E-state index contributed by atoms with van der Waals surface area (Å²) < 4.78 is 0. The first-order valence-corrected chi connectivity index (χ1v) is 7.23. The number of nitrogens with one attached hydrogen (secondary N) is 1. The molecular formula is C18H21N3. The van der Waals surface area contributed by atoms with Gasteiger partial charge in [0.2, 0.25) is 0 Å². The predicted octanol–water partition coefficient (Wildman–Crippen LogP) is 4.00. The molecule has 2 aromatic carbocycles. The maximum absolute atomic E-state index is 9.21. The number of hydrogen-bond acceptors (Lipinski definition) is 3. The van der Waals surface area contributed by atoms with Gasteiger partial charge in [-0.2, -0.15) is 5.26 Å². The van der Waals surface area contributed by atoms with Gasteiger partial charge in [0.25, 0.3) is 0 Å². The van der Waals surface area contributed by atoms with Crippen LogP contribution in [0, 0.1) is 11.3 Å². The van der Waals surface area contributed by atoms with Crippen LogP contribution in [0.1, 0.15) is 31.0 Å². The average Bonchev–Trinajstić information content (AvgIpc) is 2.54. The van der Waals surface area contributed by atoms with E-state index >= 15 is 0 Å². The van der Waals surface area contributed by atoms with Crippen molar-refractivity contribution in [1.82, 2.24) is 5.32 Å². The van der Waals surface area contributed by atoms with Gasteiger partial charge in [0.1, 0.15) is 6.07 Å². The molecule has 0 saturated heterocycles. The van der Waals surface area contributed by atoms with Crippen LogP contribution in [-0.4, -0.2) is 13.6 Å². The Morgan fingerprint density at radius 1 is 1.14 bits per heavy atom. The van der Waals surface area contributed by atoms with Crippen LogP contribution in [0.4, 0.5) is 11.4 Å². The summed E-state index contributed by atoms with van der Waals surface area (Å²) in [6.07, 6.45) is 0. The number of nitriles is 1. The molecule has 0 radical (unpaired) electrons. The summed E-state index contributed by atoms with van der Waals surface area (Å²) in [4.78, 5) is 2.04. The van der Waals surface area contributed by atoms with Crippen molar-refractivity contribution in [1.29, 1.82) is 5.26 Å². The Labute approximate surface area is 126 Å². The first-order valence-electron chi connectivity index (χ1n) is 7.23. The van der Waals surface area contributed by atoms with Gasteiger partial charge in [-0.3, -0.25) is 0 Å². The molecule has 0 fully saturated rings. The topological polar surface area (TPSA) is 39.1 Å². The van der Waals surface area contributed by atoms with Crippen LogP contribution >= 0.6 is 0 Å². The number of benzene rings is 2. The highest BCUT2D eigenvalue weighted by molar-refractivity contribution is 5.68. The van der Waals surface area contributed by atoms with E-state index in [0.29, 0.717) is 11.6 Å². The van der Waals surface area contributed by atoms with E-state index in [0.717, 1.165) is 17.9 Å². The Kier molecular flexibility index (Phi) is 4.97. The summed E-state index contributed by atoms with van der Waals surface area (Å²) in [5.41, 5.74) is 3.95. The minimum absolute atomic E-state index is 0.348. The van der Waals surface area contributed by atoms with Gasteiger partial charge in [-0.05, 0) is 43.3 Å². The van der Waals surface area contributed by atoms with E-state index in [2.05, 4.69) is 49.5 Å². The zero-order valence-corrected chi connectivity index (χ0v) is 12.8. The molecule has 2 rings (SSSR count). The molecule has 3 nitrogen and oxygen atoms in total. The fourth-order valence-corrected chi connectivity index (χ4v) is 2.41. The fourth-order valence-electron chi connectivity index (χ4n) is 2.41. The Morgan fingerprint density at radius 3 is 2.43 bits per heavy atom. The molecule has 108 valence electrons. The van der Waals surface area contributed by atoms with Gasteiger partial charge < -0.3 is 10.2 Å². The molecule has 1 atom stereocenters. The van der Waals surface area contributed by atoms with Crippen molar-refractivity contribution in [3.8, 4) is 6.07 Å². The van der Waals surface area contributed by atoms with Gasteiger partial charge in [0, 0.05) is 18.8 Å². The molecule has 21 heavy (non-hydrogen) atoms. The van der Waals surface area contributed by atoms with E-state index in [9.17, 15) is 5.26 Å². The van der Waals surface area contributed by atoms with Crippen LogP contribution in [0.3, 0.4) is 0 Å². The van der Waals surface area contributed by atoms with Crippen molar-refractivity contribution in [2.24, 2.45) is 0 Å². The first-order chi connectivity index (χ1) is 10.2. The normalized spacial score (nSPS) is 11.7. The molecule has 3 heteroatoms. The van der Waals surface area contributed by atoms with Crippen molar-refractivity contribution in [3.63, 3.8) is 0 Å². The third-order valence-corrected chi connectivity index (χ3v) is 3.68. The SMILES string of the molecule is CCNC(C)c1ccc(N(C)c2ccccc2C#N)cc1. The Hall–Kier alpha value is -2.31. The van der Waals surface area contributed by atoms with Crippen molar-refractivity contribution >= 4 is 11.4 Å². The highest BCUT2D eigenvalue weighted by Crippen LogP contribution is 2.27. The third kappa shape index (κ3) is 3.42. The summed E-state index contributed by atoms with van der Waals surface area (Å²) in [5, 5.41) is 12.6. The summed E-state index contributed by atoms with van der Waals surface area (Å²) in [5.74, 6) is 0. The van der Waals surface area contributed by atoms with Crippen molar-refractivity contribution < 1.29 is 0 Å². The summed E-state index contributed by atoms with van der Waals surface area (Å²) in [6.45, 7) is 5.23. The van der Waals surface area contributed by atoms with Crippen LogP contribution in [0.25, 0.3) is 0 Å². The zero-order valence-electron chi connectivity index (χ0n) is 12.8. The lowest BCUT2D eigenvalue weighted by Gasteiger charge is -2.21. The number of hydrogen-bond donors (Lipinski definition) is 1. The number of nitrogens with zero attached hydrogens (tertiary/aromatic N) is 2. The van der Waals surface area contributed by atoms with Crippen LogP contribution in [0.5, 0.6) is 0 Å². The second kappa shape index (κ2) is 6.92. The summed E-state index contributed by atoms with van der Waals surface area (Å²) in [7, 11) is 1.99. The summed E-state index contributed by atoms with van der Waals surface area (Å²) in [6, 6.07) is 18.7. The molecular weight excluding hydrogens is 258 g/mol. The van der Waals surface area contributed by atoms with Gasteiger partial charge in [-0.1, -0.05) is 31.2 Å². The smallest absolute Gasteiger partial charge is 0.101 e. The molecule has 0 aliphatic heterocycles. The fraction of sp³-hybridized carbons (Fsp3) is 0.278. The third-order valence-electron chi connectivity index (χ3n) is 3.68. The zero-order chi connectivity index (χ0) is 15.2. The lowest BCUT2D eigenvalue weighted by atomic mass is 10.1. The van der Waals surface area contributed by atoms with Crippen LogP contribution in [0.2, 0.25) is 0 Å². The first kappa shape index (κ1) is 15.1. The molecule has 1 unspecified atom stereocenters. The molecule has 0 aliphatic carbocycles. The van der Waals surface area contributed by atoms with E-state index in [1.165, 1.54) is 5.56 Å². The van der Waals surface area contributed by atoms with Crippen LogP contribution in [0.15, 0.2) is 48.5 Å². The predicted molar refractivity (Wildman–Crippen MR) is 87.8 cm³/mol. The van der Waals surface area contributed by atoms with Crippen LogP contribution in [-0.2, 0) is 0 Å². The standard InChI is InChI=1S/C18H21N3/c1-4-20-14(2)15-9-11-17(12-10-15)21(3)18-8-6-5-7-16(18)13-19/h5-12,14,20H,4H2,1-3H3. The second-order valence-corrected chi connectivity index (χ2v) is 5.06. The van der Waals surface area contributed by atoms with E-state index in [1.54, 1.807) is 0 Å². The van der Waals surface area contributed by atoms with Gasteiger partial charge in [-0.25, -0.2) is 0 Å². The van der Waals surface area contributed by atoms with Gasteiger partial charge >= 0.3 is 0 Å². The molecule has 0 aromatic heterocycles. The number of anilines is 2. The lowest BCUT2D eigenvalue weighted by molar-refractivity contribution is 0.598. The van der Waals surface area contributed by atoms with E-state index < -0.39 is 0 Å². The van der Waals surface area contributed by atoms with Gasteiger partial charge in [-0.15, -0.1) is 0 Å². The highest BCUT2D eigenvalue weighted by atomic mass is 15.1. The number of para-hydroxylation sites is 1. The minimum Gasteiger partial charge on any atom is -0.344 e. The van der Waals surface area contributed by atoms with Crippen molar-refractivity contribution in [2.75, 3.05) is 18.5 Å². The van der Waals surface area contributed by atoms with Gasteiger partial charge in [0.05, 0.1) is 11.3 Å². The van der Waals surface area contributed by atoms with E-state index in [1.807, 2.05) is 36.2 Å². The Balaban J connectivity index is 2.24. The maximum atomic E-state index is 9.21.